The molecule has 0 bridgehead atoms. The summed E-state index contributed by atoms with van der Waals surface area (Å²) in [5, 5.41) is 7.05. The molecule has 47 heavy (non-hydrogen) atoms. The molecule has 3 unspecified atom stereocenters. The van der Waals surface area contributed by atoms with Crippen molar-refractivity contribution in [1.29, 1.82) is 0 Å². The summed E-state index contributed by atoms with van der Waals surface area (Å²) in [5.41, 5.74) is 7.81. The standard InChI is InChI=1S/C38H35ClN4O4/c1-24-18-19-42(33(36(40)45)22-28-12-6-11-26-9-4-5-15-32(26)28)38(47)35(29-13-7-14-31(39)21-29)43(24)34(44)23-41-37(46)30-17-16-25-8-2-3-10-27(25)20-30/h2-17,20-21,24,33,35H,18-19,22-23H2,1H3,(H2,40,45)(H,41,46). The second-order valence-electron chi connectivity index (χ2n) is 11.9. The average Bonchev–Trinajstić information content (AvgIpc) is 3.20. The Morgan fingerprint density at radius 3 is 2.34 bits per heavy atom. The van der Waals surface area contributed by atoms with E-state index in [1.807, 2.05) is 79.7 Å². The minimum absolute atomic E-state index is 0.211. The number of benzene rings is 5. The van der Waals surface area contributed by atoms with Gasteiger partial charge in [-0.1, -0.05) is 96.5 Å². The third-order valence-corrected chi connectivity index (χ3v) is 9.15. The first-order chi connectivity index (χ1) is 22.7. The van der Waals surface area contributed by atoms with Gasteiger partial charge in [-0.05, 0) is 70.3 Å². The van der Waals surface area contributed by atoms with Crippen LogP contribution in [0.2, 0.25) is 5.02 Å². The molecule has 0 radical (unpaired) electrons. The molecule has 4 amide bonds. The second kappa shape index (κ2) is 13.6. The summed E-state index contributed by atoms with van der Waals surface area (Å²) in [7, 11) is 0. The fourth-order valence-electron chi connectivity index (χ4n) is 6.51. The highest BCUT2D eigenvalue weighted by molar-refractivity contribution is 6.30. The van der Waals surface area contributed by atoms with Crippen molar-refractivity contribution in [2.75, 3.05) is 13.1 Å². The van der Waals surface area contributed by atoms with E-state index in [0.29, 0.717) is 22.6 Å². The SMILES string of the molecule is CC1CCN(C(Cc2cccc3ccccc23)C(N)=O)C(=O)C(c2cccc(Cl)c2)N1C(=O)CNC(=O)c1ccc2ccccc2c1. The third-order valence-electron chi connectivity index (χ3n) is 8.92. The molecule has 1 fully saturated rings. The van der Waals surface area contributed by atoms with Gasteiger partial charge < -0.3 is 20.9 Å². The highest BCUT2D eigenvalue weighted by atomic mass is 35.5. The van der Waals surface area contributed by atoms with E-state index in [1.165, 1.54) is 9.80 Å². The molecule has 5 aromatic carbocycles. The Kier molecular flexibility index (Phi) is 9.22. The summed E-state index contributed by atoms with van der Waals surface area (Å²) in [4.78, 5) is 57.8. The summed E-state index contributed by atoms with van der Waals surface area (Å²) in [6.07, 6.45) is 0.612. The molecule has 3 atom stereocenters. The number of hydrogen-bond acceptors (Lipinski definition) is 4. The van der Waals surface area contributed by atoms with E-state index in [2.05, 4.69) is 5.32 Å². The van der Waals surface area contributed by atoms with Gasteiger partial charge in [-0.2, -0.15) is 0 Å². The lowest BCUT2D eigenvalue weighted by atomic mass is 9.96. The molecule has 0 saturated carbocycles. The van der Waals surface area contributed by atoms with Crippen LogP contribution in [0.4, 0.5) is 0 Å². The topological polar surface area (TPSA) is 113 Å². The monoisotopic (exact) mass is 646 g/mol. The molecule has 238 valence electrons. The Morgan fingerprint density at radius 2 is 1.57 bits per heavy atom. The van der Waals surface area contributed by atoms with Crippen molar-refractivity contribution in [2.45, 2.75) is 37.9 Å². The Morgan fingerprint density at radius 1 is 0.872 bits per heavy atom. The van der Waals surface area contributed by atoms with Crippen LogP contribution in [0.3, 0.4) is 0 Å². The number of carbonyl (C=O) groups excluding carboxylic acids is 4. The van der Waals surface area contributed by atoms with Crippen molar-refractivity contribution in [3.05, 3.63) is 131 Å². The molecule has 1 aliphatic heterocycles. The van der Waals surface area contributed by atoms with Gasteiger partial charge in [-0.3, -0.25) is 19.2 Å². The number of nitrogens with two attached hydrogens (primary N) is 1. The lowest BCUT2D eigenvalue weighted by Gasteiger charge is -2.36. The molecule has 3 N–H and O–H groups in total. The molecule has 0 spiro atoms. The average molecular weight is 647 g/mol. The first-order valence-corrected chi connectivity index (χ1v) is 16.0. The molecule has 1 heterocycles. The van der Waals surface area contributed by atoms with Crippen LogP contribution >= 0.6 is 11.6 Å². The van der Waals surface area contributed by atoms with Gasteiger partial charge in [0.1, 0.15) is 12.1 Å². The number of carbonyl (C=O) groups is 4. The van der Waals surface area contributed by atoms with E-state index in [0.717, 1.165) is 27.1 Å². The van der Waals surface area contributed by atoms with E-state index >= 15 is 0 Å². The fraction of sp³-hybridized carbons (Fsp3) is 0.211. The molecule has 9 heteroatoms. The van der Waals surface area contributed by atoms with Crippen LogP contribution < -0.4 is 11.1 Å². The quantitative estimate of drug-likeness (QED) is 0.226. The second-order valence-corrected chi connectivity index (χ2v) is 12.4. The van der Waals surface area contributed by atoms with E-state index in [1.54, 1.807) is 36.4 Å². The Balaban J connectivity index is 1.30. The number of halogens is 1. The number of fused-ring (bicyclic) bond motifs is 2. The maximum absolute atomic E-state index is 14.6. The van der Waals surface area contributed by atoms with Crippen LogP contribution in [-0.2, 0) is 20.8 Å². The van der Waals surface area contributed by atoms with E-state index in [-0.39, 0.29) is 19.5 Å². The van der Waals surface area contributed by atoms with Crippen molar-refractivity contribution in [1.82, 2.24) is 15.1 Å². The molecular weight excluding hydrogens is 612 g/mol. The maximum atomic E-state index is 14.6. The van der Waals surface area contributed by atoms with E-state index < -0.39 is 41.8 Å². The number of hydrogen-bond donors (Lipinski definition) is 2. The van der Waals surface area contributed by atoms with Gasteiger partial charge in [0.2, 0.25) is 11.8 Å². The molecule has 0 aliphatic carbocycles. The zero-order valence-electron chi connectivity index (χ0n) is 25.9. The van der Waals surface area contributed by atoms with Crippen LogP contribution in [-0.4, -0.2) is 58.6 Å². The van der Waals surface area contributed by atoms with E-state index in [4.69, 9.17) is 17.3 Å². The summed E-state index contributed by atoms with van der Waals surface area (Å²) in [5.74, 6) is -1.90. The fourth-order valence-corrected chi connectivity index (χ4v) is 6.71. The Bertz CT molecular complexity index is 1990. The van der Waals surface area contributed by atoms with Crippen LogP contribution in [0.1, 0.15) is 40.9 Å². The molecule has 5 aromatic rings. The number of amides is 4. The predicted octanol–water partition coefficient (Wildman–Crippen LogP) is 5.66. The van der Waals surface area contributed by atoms with Gasteiger partial charge >= 0.3 is 0 Å². The maximum Gasteiger partial charge on any atom is 0.251 e. The van der Waals surface area contributed by atoms with Gasteiger partial charge in [-0.15, -0.1) is 0 Å². The zero-order chi connectivity index (χ0) is 33.1. The summed E-state index contributed by atoms with van der Waals surface area (Å²) in [6.45, 7) is 1.75. The third kappa shape index (κ3) is 6.69. The predicted molar refractivity (Wildman–Crippen MR) is 184 cm³/mol. The van der Waals surface area contributed by atoms with Gasteiger partial charge in [0, 0.05) is 29.6 Å². The summed E-state index contributed by atoms with van der Waals surface area (Å²) >= 11 is 6.38. The highest BCUT2D eigenvalue weighted by Crippen LogP contribution is 2.33. The lowest BCUT2D eigenvalue weighted by molar-refractivity contribution is -0.148. The van der Waals surface area contributed by atoms with Crippen molar-refractivity contribution >= 4 is 56.8 Å². The van der Waals surface area contributed by atoms with Crippen LogP contribution in [0.25, 0.3) is 21.5 Å². The first-order valence-electron chi connectivity index (χ1n) is 15.6. The Labute approximate surface area is 278 Å². The number of rotatable bonds is 8. The van der Waals surface area contributed by atoms with Gasteiger partial charge in [0.05, 0.1) is 6.54 Å². The largest absolute Gasteiger partial charge is 0.368 e. The zero-order valence-corrected chi connectivity index (χ0v) is 26.7. The molecule has 8 nitrogen and oxygen atoms in total. The minimum atomic E-state index is -1.09. The number of nitrogens with zero attached hydrogens (tertiary/aromatic N) is 2. The van der Waals surface area contributed by atoms with Crippen LogP contribution in [0, 0.1) is 0 Å². The van der Waals surface area contributed by atoms with Gasteiger partial charge in [-0.25, -0.2) is 0 Å². The normalized spacial score (nSPS) is 17.4. The van der Waals surface area contributed by atoms with Crippen LogP contribution in [0.5, 0.6) is 0 Å². The Hall–Kier alpha value is -5.21. The van der Waals surface area contributed by atoms with Gasteiger partial charge in [0.25, 0.3) is 11.8 Å². The van der Waals surface area contributed by atoms with Crippen LogP contribution in [0.15, 0.2) is 109 Å². The summed E-state index contributed by atoms with van der Waals surface area (Å²) < 4.78 is 0. The smallest absolute Gasteiger partial charge is 0.251 e. The first kappa shape index (κ1) is 31.8. The molecule has 0 aromatic heterocycles. The lowest BCUT2D eigenvalue weighted by Crippen LogP contribution is -2.53. The molecule has 1 saturated heterocycles. The number of nitrogens with one attached hydrogen (secondary N) is 1. The van der Waals surface area contributed by atoms with Crippen molar-refractivity contribution in [3.8, 4) is 0 Å². The highest BCUT2D eigenvalue weighted by Gasteiger charge is 2.43. The van der Waals surface area contributed by atoms with Crippen molar-refractivity contribution < 1.29 is 19.2 Å². The molecule has 1 aliphatic rings. The number of primary amides is 1. The van der Waals surface area contributed by atoms with Gasteiger partial charge in [0.15, 0.2) is 0 Å². The van der Waals surface area contributed by atoms with E-state index in [9.17, 15) is 19.2 Å². The molecular formula is C38H35ClN4O4. The minimum Gasteiger partial charge on any atom is -0.368 e. The van der Waals surface area contributed by atoms with Crippen molar-refractivity contribution in [2.24, 2.45) is 5.73 Å². The van der Waals surface area contributed by atoms with Crippen molar-refractivity contribution in [3.63, 3.8) is 0 Å². The summed E-state index contributed by atoms with van der Waals surface area (Å²) in [6, 6.07) is 31.1. The molecule has 6 rings (SSSR count).